The Morgan fingerprint density at radius 3 is 2.86 bits per heavy atom. The van der Waals surface area contributed by atoms with E-state index in [4.69, 9.17) is 4.74 Å². The van der Waals surface area contributed by atoms with Gasteiger partial charge in [-0.3, -0.25) is 4.98 Å². The Kier molecular flexibility index (Phi) is 6.70. The summed E-state index contributed by atoms with van der Waals surface area (Å²) in [5, 5.41) is 3.55. The average molecular weight is 304 g/mol. The third-order valence-corrected chi connectivity index (χ3v) is 4.34. The highest BCUT2D eigenvalue weighted by atomic mass is 32.1. The zero-order valence-corrected chi connectivity index (χ0v) is 13.7. The van der Waals surface area contributed by atoms with E-state index in [0.29, 0.717) is 5.92 Å². The Hall–Kier alpha value is -1.39. The molecule has 1 aromatic carbocycles. The lowest BCUT2D eigenvalue weighted by molar-refractivity contribution is 0.400. The number of hydrogen-bond donors (Lipinski definition) is 1. The third-order valence-electron chi connectivity index (χ3n) is 3.53. The first-order valence-electron chi connectivity index (χ1n) is 7.53. The van der Waals surface area contributed by atoms with E-state index in [1.807, 2.05) is 23.8 Å². The molecule has 0 aliphatic rings. The first-order chi connectivity index (χ1) is 10.3. The van der Waals surface area contributed by atoms with Gasteiger partial charge in [-0.15, -0.1) is 11.3 Å². The summed E-state index contributed by atoms with van der Waals surface area (Å²) in [7, 11) is 1.74. The molecule has 2 aromatic rings. The maximum atomic E-state index is 5.48. The normalized spacial score (nSPS) is 12.3. The van der Waals surface area contributed by atoms with Crippen LogP contribution in [-0.4, -0.2) is 25.2 Å². The number of rotatable bonds is 9. The minimum atomic E-state index is 0.563. The lowest BCUT2D eigenvalue weighted by Crippen LogP contribution is -2.26. The quantitative estimate of drug-likeness (QED) is 0.719. The van der Waals surface area contributed by atoms with Gasteiger partial charge in [0.05, 0.1) is 12.6 Å². The molecule has 0 aliphatic carbocycles. The van der Waals surface area contributed by atoms with Crippen LogP contribution in [0.2, 0.25) is 0 Å². The topological polar surface area (TPSA) is 34.2 Å². The van der Waals surface area contributed by atoms with Crippen molar-refractivity contribution in [1.29, 1.82) is 0 Å². The van der Waals surface area contributed by atoms with E-state index >= 15 is 0 Å². The molecule has 1 N–H and O–H groups in total. The van der Waals surface area contributed by atoms with Crippen molar-refractivity contribution in [3.05, 3.63) is 46.4 Å². The smallest absolute Gasteiger partial charge is 0.122 e. The lowest BCUT2D eigenvalue weighted by atomic mass is 9.95. The second-order valence-corrected chi connectivity index (χ2v) is 6.23. The molecule has 0 aliphatic heterocycles. The van der Waals surface area contributed by atoms with Crippen molar-refractivity contribution in [3.8, 4) is 5.75 Å². The molecule has 1 heterocycles. The summed E-state index contributed by atoms with van der Waals surface area (Å²) in [6, 6.07) is 8.31. The highest BCUT2D eigenvalue weighted by Crippen LogP contribution is 2.23. The average Bonchev–Trinajstić information content (AvgIpc) is 3.01. The lowest BCUT2D eigenvalue weighted by Gasteiger charge is -2.18. The van der Waals surface area contributed by atoms with Crippen LogP contribution in [0.5, 0.6) is 5.75 Å². The molecular weight excluding hydrogens is 280 g/mol. The van der Waals surface area contributed by atoms with Crippen LogP contribution >= 0.6 is 11.3 Å². The molecule has 0 fully saturated rings. The van der Waals surface area contributed by atoms with E-state index in [-0.39, 0.29) is 0 Å². The van der Waals surface area contributed by atoms with Gasteiger partial charge in [0.1, 0.15) is 5.75 Å². The van der Waals surface area contributed by atoms with Crippen LogP contribution in [0, 0.1) is 5.92 Å². The van der Waals surface area contributed by atoms with Gasteiger partial charge in [0.15, 0.2) is 0 Å². The first-order valence-corrected chi connectivity index (χ1v) is 8.41. The van der Waals surface area contributed by atoms with E-state index in [9.17, 15) is 0 Å². The summed E-state index contributed by atoms with van der Waals surface area (Å²) in [6.45, 7) is 4.31. The molecule has 3 nitrogen and oxygen atoms in total. The number of nitrogens with zero attached hydrogens (tertiary/aromatic N) is 1. The van der Waals surface area contributed by atoms with Crippen molar-refractivity contribution in [2.45, 2.75) is 26.2 Å². The second kappa shape index (κ2) is 8.80. The molecule has 0 amide bonds. The Balaban J connectivity index is 2.03. The Bertz CT molecular complexity index is 513. The van der Waals surface area contributed by atoms with Crippen LogP contribution in [0.25, 0.3) is 0 Å². The van der Waals surface area contributed by atoms with Gasteiger partial charge in [0.25, 0.3) is 0 Å². The van der Waals surface area contributed by atoms with Crippen molar-refractivity contribution >= 4 is 11.3 Å². The first kappa shape index (κ1) is 16.0. The van der Waals surface area contributed by atoms with E-state index in [1.54, 1.807) is 18.4 Å². The number of ether oxygens (including phenoxy) is 1. The fourth-order valence-electron chi connectivity index (χ4n) is 2.51. The summed E-state index contributed by atoms with van der Waals surface area (Å²) >= 11 is 1.74. The van der Waals surface area contributed by atoms with Crippen molar-refractivity contribution in [3.63, 3.8) is 0 Å². The monoisotopic (exact) mass is 304 g/mol. The zero-order valence-electron chi connectivity index (χ0n) is 12.8. The van der Waals surface area contributed by atoms with Crippen molar-refractivity contribution in [1.82, 2.24) is 10.3 Å². The molecule has 21 heavy (non-hydrogen) atoms. The SMILES string of the molecule is CCCNCC(Cc1cncs1)Cc1ccccc1OC. The van der Waals surface area contributed by atoms with Crippen molar-refractivity contribution in [2.75, 3.05) is 20.2 Å². The van der Waals surface area contributed by atoms with E-state index in [2.05, 4.69) is 29.4 Å². The van der Waals surface area contributed by atoms with Crippen LogP contribution in [0.15, 0.2) is 36.0 Å². The minimum Gasteiger partial charge on any atom is -0.496 e. The van der Waals surface area contributed by atoms with Gasteiger partial charge in [0, 0.05) is 11.1 Å². The van der Waals surface area contributed by atoms with Crippen LogP contribution in [0.4, 0.5) is 0 Å². The van der Waals surface area contributed by atoms with Gasteiger partial charge in [-0.25, -0.2) is 0 Å². The van der Waals surface area contributed by atoms with Crippen LogP contribution in [-0.2, 0) is 12.8 Å². The molecule has 0 spiro atoms. The summed E-state index contributed by atoms with van der Waals surface area (Å²) in [6.07, 6.45) is 5.25. The van der Waals surface area contributed by atoms with Gasteiger partial charge in [-0.1, -0.05) is 25.1 Å². The number of methoxy groups -OCH3 is 1. The second-order valence-electron chi connectivity index (χ2n) is 5.26. The van der Waals surface area contributed by atoms with E-state index < -0.39 is 0 Å². The molecule has 1 unspecified atom stereocenters. The summed E-state index contributed by atoms with van der Waals surface area (Å²) in [4.78, 5) is 5.54. The summed E-state index contributed by atoms with van der Waals surface area (Å²) in [5.74, 6) is 1.55. The third kappa shape index (κ3) is 5.14. The molecule has 1 aromatic heterocycles. The van der Waals surface area contributed by atoms with Crippen LogP contribution in [0.1, 0.15) is 23.8 Å². The number of para-hydroxylation sites is 1. The highest BCUT2D eigenvalue weighted by molar-refractivity contribution is 7.09. The maximum absolute atomic E-state index is 5.48. The zero-order chi connectivity index (χ0) is 14.9. The van der Waals surface area contributed by atoms with Crippen LogP contribution in [0.3, 0.4) is 0 Å². The van der Waals surface area contributed by atoms with Gasteiger partial charge in [-0.2, -0.15) is 0 Å². The fraction of sp³-hybridized carbons (Fsp3) is 0.471. The molecule has 0 saturated carbocycles. The van der Waals surface area contributed by atoms with Crippen molar-refractivity contribution in [2.24, 2.45) is 5.92 Å². The van der Waals surface area contributed by atoms with Gasteiger partial charge >= 0.3 is 0 Å². The predicted octanol–water partition coefficient (Wildman–Crippen LogP) is 3.55. The summed E-state index contributed by atoms with van der Waals surface area (Å²) < 4.78 is 5.48. The Morgan fingerprint density at radius 1 is 1.29 bits per heavy atom. The Labute approximate surface area is 131 Å². The molecule has 0 bridgehead atoms. The molecule has 0 radical (unpaired) electrons. The minimum absolute atomic E-state index is 0.563. The van der Waals surface area contributed by atoms with E-state index in [0.717, 1.165) is 31.7 Å². The highest BCUT2D eigenvalue weighted by Gasteiger charge is 2.14. The molecule has 0 saturated heterocycles. The van der Waals surface area contributed by atoms with Crippen LogP contribution < -0.4 is 10.1 Å². The molecule has 4 heteroatoms. The number of aromatic nitrogens is 1. The van der Waals surface area contributed by atoms with Crippen molar-refractivity contribution < 1.29 is 4.74 Å². The predicted molar refractivity (Wildman–Crippen MR) is 89.2 cm³/mol. The molecule has 114 valence electrons. The Morgan fingerprint density at radius 2 is 2.14 bits per heavy atom. The molecule has 1 atom stereocenters. The number of thiazole rings is 1. The fourth-order valence-corrected chi connectivity index (χ4v) is 3.22. The van der Waals surface area contributed by atoms with E-state index in [1.165, 1.54) is 16.9 Å². The summed E-state index contributed by atoms with van der Waals surface area (Å²) in [5.41, 5.74) is 3.20. The standard InChI is InChI=1S/C17H24N2OS/c1-3-8-18-11-14(10-16-12-19-13-21-16)9-15-6-4-5-7-17(15)20-2/h4-7,12-14,18H,3,8-11H2,1-2H3. The molecular formula is C17H24N2OS. The van der Waals surface area contributed by atoms with Gasteiger partial charge in [0.2, 0.25) is 0 Å². The number of benzene rings is 1. The van der Waals surface area contributed by atoms with Gasteiger partial charge < -0.3 is 10.1 Å². The maximum Gasteiger partial charge on any atom is 0.122 e. The largest absolute Gasteiger partial charge is 0.496 e. The van der Waals surface area contributed by atoms with Gasteiger partial charge in [-0.05, 0) is 49.9 Å². The number of nitrogens with one attached hydrogen (secondary N) is 1. The molecule has 2 rings (SSSR count). The number of hydrogen-bond acceptors (Lipinski definition) is 4.